The zero-order valence-corrected chi connectivity index (χ0v) is 13.6. The van der Waals surface area contributed by atoms with Gasteiger partial charge in [0.1, 0.15) is 0 Å². The fourth-order valence-corrected chi connectivity index (χ4v) is 3.99. The summed E-state index contributed by atoms with van der Waals surface area (Å²) in [5.41, 5.74) is 6.21. The van der Waals surface area contributed by atoms with Gasteiger partial charge in [0.25, 0.3) is 0 Å². The minimum Gasteiger partial charge on any atom is -0.363 e. The topological polar surface area (TPSA) is 50.7 Å². The third kappa shape index (κ3) is 2.16. The van der Waals surface area contributed by atoms with Crippen LogP contribution in [0.15, 0.2) is 18.2 Å². The molecule has 0 saturated heterocycles. The van der Waals surface area contributed by atoms with Crippen molar-refractivity contribution in [3.8, 4) is 10.6 Å². The molecule has 0 radical (unpaired) electrons. The molecule has 1 aromatic carbocycles. The first kappa shape index (κ1) is 13.6. The molecule has 0 spiro atoms. The number of nitrogens with zero attached hydrogens (tertiary/aromatic N) is 3. The average molecular weight is 310 g/mol. The van der Waals surface area contributed by atoms with Crippen molar-refractivity contribution in [1.82, 2.24) is 15.2 Å². The molecule has 0 amide bonds. The third-order valence-corrected chi connectivity index (χ3v) is 5.23. The van der Waals surface area contributed by atoms with E-state index < -0.39 is 0 Å². The van der Waals surface area contributed by atoms with Gasteiger partial charge in [-0.2, -0.15) is 0 Å². The zero-order valence-electron chi connectivity index (χ0n) is 12.8. The summed E-state index contributed by atoms with van der Waals surface area (Å²) in [6, 6.07) is 6.49. The molecule has 2 heterocycles. The predicted molar refractivity (Wildman–Crippen MR) is 91.6 cm³/mol. The normalized spacial score (nSPS) is 14.1. The van der Waals surface area contributed by atoms with E-state index >= 15 is 0 Å². The van der Waals surface area contributed by atoms with Crippen LogP contribution in [-0.4, -0.2) is 22.2 Å². The molecular formula is C17H18N4S. The highest BCUT2D eigenvalue weighted by atomic mass is 32.1. The SMILES string of the molecule is CNc1nnc(-c2c3c(nc4ccc(C)cc24)CCCC3)s1. The maximum absolute atomic E-state index is 4.91. The Morgan fingerprint density at radius 1 is 1.14 bits per heavy atom. The Morgan fingerprint density at radius 3 is 2.82 bits per heavy atom. The van der Waals surface area contributed by atoms with E-state index in [0.717, 1.165) is 28.5 Å². The lowest BCUT2D eigenvalue weighted by Gasteiger charge is -2.19. The van der Waals surface area contributed by atoms with Crippen molar-refractivity contribution in [2.24, 2.45) is 0 Å². The van der Waals surface area contributed by atoms with Gasteiger partial charge < -0.3 is 5.32 Å². The van der Waals surface area contributed by atoms with Crippen molar-refractivity contribution in [3.63, 3.8) is 0 Å². The summed E-state index contributed by atoms with van der Waals surface area (Å²) < 4.78 is 0. The molecule has 0 atom stereocenters. The molecule has 4 nitrogen and oxygen atoms in total. The van der Waals surface area contributed by atoms with Gasteiger partial charge >= 0.3 is 0 Å². The summed E-state index contributed by atoms with van der Waals surface area (Å²) in [6.45, 7) is 2.13. The largest absolute Gasteiger partial charge is 0.363 e. The second kappa shape index (κ2) is 5.32. The lowest BCUT2D eigenvalue weighted by Crippen LogP contribution is -2.08. The minimum absolute atomic E-state index is 0.858. The van der Waals surface area contributed by atoms with E-state index in [-0.39, 0.29) is 0 Å². The van der Waals surface area contributed by atoms with Crippen molar-refractivity contribution in [1.29, 1.82) is 0 Å². The van der Waals surface area contributed by atoms with Gasteiger partial charge in [-0.05, 0) is 50.3 Å². The van der Waals surface area contributed by atoms with Crippen LogP contribution in [0, 0.1) is 6.92 Å². The molecule has 4 rings (SSSR count). The Morgan fingerprint density at radius 2 is 2.00 bits per heavy atom. The quantitative estimate of drug-likeness (QED) is 0.778. The molecule has 0 aliphatic heterocycles. The molecule has 22 heavy (non-hydrogen) atoms. The second-order valence-electron chi connectivity index (χ2n) is 5.80. The molecule has 0 bridgehead atoms. The lowest BCUT2D eigenvalue weighted by atomic mass is 9.90. The smallest absolute Gasteiger partial charge is 0.205 e. The van der Waals surface area contributed by atoms with Crippen LogP contribution in [0.2, 0.25) is 0 Å². The molecule has 0 saturated carbocycles. The van der Waals surface area contributed by atoms with Crippen LogP contribution in [0.3, 0.4) is 0 Å². The molecule has 2 aromatic heterocycles. The average Bonchev–Trinajstić information content (AvgIpc) is 3.01. The van der Waals surface area contributed by atoms with Crippen LogP contribution in [0.5, 0.6) is 0 Å². The maximum Gasteiger partial charge on any atom is 0.205 e. The first-order valence-corrected chi connectivity index (χ1v) is 8.51. The van der Waals surface area contributed by atoms with Crippen LogP contribution < -0.4 is 5.32 Å². The number of nitrogens with one attached hydrogen (secondary N) is 1. The van der Waals surface area contributed by atoms with Crippen LogP contribution in [0.25, 0.3) is 21.5 Å². The number of aryl methyl sites for hydroxylation is 2. The van der Waals surface area contributed by atoms with E-state index in [1.807, 2.05) is 7.05 Å². The standard InChI is InChI=1S/C17H18N4S/c1-10-7-8-14-12(9-10)15(16-20-21-17(18-2)22-16)11-5-3-4-6-13(11)19-14/h7-9H,3-6H2,1-2H3,(H,18,21). The molecule has 112 valence electrons. The Labute approximate surface area is 133 Å². The van der Waals surface area contributed by atoms with Gasteiger partial charge in [0.15, 0.2) is 5.01 Å². The highest BCUT2D eigenvalue weighted by Crippen LogP contribution is 2.38. The van der Waals surface area contributed by atoms with Gasteiger partial charge in [-0.3, -0.25) is 4.98 Å². The first-order chi connectivity index (χ1) is 10.8. The van der Waals surface area contributed by atoms with Crippen molar-refractivity contribution < 1.29 is 0 Å². The van der Waals surface area contributed by atoms with Crippen LogP contribution in [0.1, 0.15) is 29.7 Å². The number of pyridine rings is 1. The maximum atomic E-state index is 4.91. The summed E-state index contributed by atoms with van der Waals surface area (Å²) >= 11 is 1.62. The van der Waals surface area contributed by atoms with E-state index in [0.29, 0.717) is 0 Å². The molecule has 1 aliphatic carbocycles. The monoisotopic (exact) mass is 310 g/mol. The number of hydrogen-bond donors (Lipinski definition) is 1. The van der Waals surface area contributed by atoms with Crippen molar-refractivity contribution >= 4 is 27.4 Å². The number of anilines is 1. The highest BCUT2D eigenvalue weighted by Gasteiger charge is 2.21. The summed E-state index contributed by atoms with van der Waals surface area (Å²) in [7, 11) is 1.88. The van der Waals surface area contributed by atoms with E-state index in [9.17, 15) is 0 Å². The molecule has 1 aliphatic rings. The summed E-state index contributed by atoms with van der Waals surface area (Å²) in [4.78, 5) is 4.91. The molecule has 0 unspecified atom stereocenters. The fourth-order valence-electron chi connectivity index (χ4n) is 3.21. The van der Waals surface area contributed by atoms with Crippen LogP contribution in [-0.2, 0) is 12.8 Å². The van der Waals surface area contributed by atoms with E-state index in [2.05, 4.69) is 40.6 Å². The number of aromatic nitrogens is 3. The second-order valence-corrected chi connectivity index (χ2v) is 6.78. The Hall–Kier alpha value is -2.01. The van der Waals surface area contributed by atoms with Crippen molar-refractivity contribution in [2.45, 2.75) is 32.6 Å². The predicted octanol–water partition coefficient (Wildman–Crippen LogP) is 3.98. The molecule has 0 fully saturated rings. The van der Waals surface area contributed by atoms with E-state index in [4.69, 9.17) is 4.98 Å². The Bertz CT molecular complexity index is 853. The number of hydrogen-bond acceptors (Lipinski definition) is 5. The third-order valence-electron chi connectivity index (χ3n) is 4.27. The Balaban J connectivity index is 2.06. The van der Waals surface area contributed by atoms with Crippen LogP contribution in [0.4, 0.5) is 5.13 Å². The van der Waals surface area contributed by atoms with Crippen molar-refractivity contribution in [2.75, 3.05) is 12.4 Å². The number of fused-ring (bicyclic) bond motifs is 2. The van der Waals surface area contributed by atoms with Gasteiger partial charge in [-0.25, -0.2) is 0 Å². The molecule has 5 heteroatoms. The van der Waals surface area contributed by atoms with Crippen molar-refractivity contribution in [3.05, 3.63) is 35.0 Å². The minimum atomic E-state index is 0.858. The lowest BCUT2D eigenvalue weighted by molar-refractivity contribution is 0.672. The summed E-state index contributed by atoms with van der Waals surface area (Å²) in [5.74, 6) is 0. The first-order valence-electron chi connectivity index (χ1n) is 7.70. The van der Waals surface area contributed by atoms with Gasteiger partial charge in [-0.15, -0.1) is 10.2 Å². The number of rotatable bonds is 2. The summed E-state index contributed by atoms with van der Waals surface area (Å²) in [6.07, 6.45) is 4.63. The summed E-state index contributed by atoms with van der Waals surface area (Å²) in [5, 5.41) is 14.8. The van der Waals surface area contributed by atoms with Gasteiger partial charge in [0.05, 0.1) is 5.52 Å². The zero-order chi connectivity index (χ0) is 15.1. The van der Waals surface area contributed by atoms with Crippen LogP contribution >= 0.6 is 11.3 Å². The molecular weight excluding hydrogens is 292 g/mol. The molecule has 3 aromatic rings. The van der Waals surface area contributed by atoms with Gasteiger partial charge in [0.2, 0.25) is 5.13 Å². The highest BCUT2D eigenvalue weighted by molar-refractivity contribution is 7.18. The number of benzene rings is 1. The van der Waals surface area contributed by atoms with E-state index in [1.54, 1.807) is 11.3 Å². The van der Waals surface area contributed by atoms with Gasteiger partial charge in [-0.1, -0.05) is 23.0 Å². The molecule has 1 N–H and O–H groups in total. The fraction of sp³-hybridized carbons (Fsp3) is 0.353. The van der Waals surface area contributed by atoms with Gasteiger partial charge in [0, 0.05) is 23.7 Å². The Kier molecular flexibility index (Phi) is 3.30. The van der Waals surface area contributed by atoms with E-state index in [1.165, 1.54) is 40.6 Å².